The number of carbonyl (C=O) groups is 2. The molecule has 2 rings (SSSR count). The first-order chi connectivity index (χ1) is 9.49. The van der Waals surface area contributed by atoms with Gasteiger partial charge in [-0.25, -0.2) is 0 Å². The minimum absolute atomic E-state index is 0.0372. The molecule has 0 aromatic heterocycles. The van der Waals surface area contributed by atoms with Crippen molar-refractivity contribution in [1.82, 2.24) is 10.2 Å². The van der Waals surface area contributed by atoms with Gasteiger partial charge in [0.2, 0.25) is 5.91 Å². The Bertz CT molecular complexity index is 506. The van der Waals surface area contributed by atoms with Crippen LogP contribution in [-0.2, 0) is 15.1 Å². The topological polar surface area (TPSA) is 49.4 Å². The maximum Gasteiger partial charge on any atom is 0.253 e. The molecule has 5 heteroatoms. The lowest BCUT2D eigenvalue weighted by Crippen LogP contribution is -2.65. The lowest BCUT2D eigenvalue weighted by Gasteiger charge is -2.42. The zero-order valence-electron chi connectivity index (χ0n) is 12.1. The van der Waals surface area contributed by atoms with Crippen LogP contribution in [0, 0.1) is 0 Å². The van der Waals surface area contributed by atoms with Crippen LogP contribution in [0.5, 0.6) is 0 Å². The highest BCUT2D eigenvalue weighted by molar-refractivity contribution is 7.98. The Labute approximate surface area is 123 Å². The number of hydrogen-bond donors (Lipinski definition) is 1. The van der Waals surface area contributed by atoms with E-state index in [4.69, 9.17) is 0 Å². The van der Waals surface area contributed by atoms with Crippen LogP contribution in [0.2, 0.25) is 0 Å². The average Bonchev–Trinajstić information content (AvgIpc) is 2.44. The fourth-order valence-corrected chi connectivity index (χ4v) is 3.20. The van der Waals surface area contributed by atoms with Crippen molar-refractivity contribution in [2.45, 2.75) is 25.4 Å². The minimum atomic E-state index is -0.969. The molecule has 1 fully saturated rings. The first kappa shape index (κ1) is 14.9. The molecule has 1 heterocycles. The van der Waals surface area contributed by atoms with Crippen molar-refractivity contribution < 1.29 is 9.59 Å². The molecule has 20 heavy (non-hydrogen) atoms. The van der Waals surface area contributed by atoms with Gasteiger partial charge in [0.1, 0.15) is 5.54 Å². The highest BCUT2D eigenvalue weighted by Gasteiger charge is 2.45. The van der Waals surface area contributed by atoms with Crippen LogP contribution >= 0.6 is 11.8 Å². The average molecular weight is 292 g/mol. The van der Waals surface area contributed by atoms with Gasteiger partial charge in [0, 0.05) is 11.8 Å². The Morgan fingerprint density at radius 1 is 1.35 bits per heavy atom. The molecule has 0 bridgehead atoms. The Morgan fingerprint density at radius 3 is 2.60 bits per heavy atom. The van der Waals surface area contributed by atoms with Gasteiger partial charge in [0.15, 0.2) is 0 Å². The molecule has 0 saturated carbocycles. The summed E-state index contributed by atoms with van der Waals surface area (Å²) in [6.45, 7) is 3.90. The number of carbonyl (C=O) groups excluding carboxylic acids is 2. The van der Waals surface area contributed by atoms with Gasteiger partial charge in [-0.1, -0.05) is 30.3 Å². The fourth-order valence-electron chi connectivity index (χ4n) is 2.54. The highest BCUT2D eigenvalue weighted by atomic mass is 32.2. The minimum Gasteiger partial charge on any atom is -0.337 e. The Hall–Kier alpha value is -1.49. The SMILES string of the molecule is CSCC(C)N1CC(=O)NC(C)(c2ccccc2)C1=O. The molecule has 0 aliphatic carbocycles. The maximum absolute atomic E-state index is 12.8. The third kappa shape index (κ3) is 2.68. The van der Waals surface area contributed by atoms with Crippen LogP contribution in [-0.4, -0.2) is 41.3 Å². The second kappa shape index (κ2) is 5.87. The van der Waals surface area contributed by atoms with E-state index >= 15 is 0 Å². The maximum atomic E-state index is 12.8. The fraction of sp³-hybridized carbons (Fsp3) is 0.467. The van der Waals surface area contributed by atoms with Crippen molar-refractivity contribution in [2.24, 2.45) is 0 Å². The molecule has 2 unspecified atom stereocenters. The van der Waals surface area contributed by atoms with Crippen molar-refractivity contribution in [3.05, 3.63) is 35.9 Å². The molecule has 1 aliphatic rings. The third-order valence-corrected chi connectivity index (χ3v) is 4.50. The number of nitrogens with one attached hydrogen (secondary N) is 1. The standard InChI is InChI=1S/C15H20N2O2S/c1-11(10-20-3)17-9-13(18)16-15(2,14(17)19)12-7-5-4-6-8-12/h4-8,11H,9-10H2,1-3H3,(H,16,18). The zero-order valence-corrected chi connectivity index (χ0v) is 12.9. The predicted molar refractivity (Wildman–Crippen MR) is 81.5 cm³/mol. The number of thioether (sulfide) groups is 1. The summed E-state index contributed by atoms with van der Waals surface area (Å²) in [4.78, 5) is 26.5. The largest absolute Gasteiger partial charge is 0.337 e. The van der Waals surface area contributed by atoms with E-state index in [2.05, 4.69) is 5.32 Å². The van der Waals surface area contributed by atoms with Crippen molar-refractivity contribution in [3.8, 4) is 0 Å². The van der Waals surface area contributed by atoms with Crippen LogP contribution in [0.15, 0.2) is 30.3 Å². The van der Waals surface area contributed by atoms with Gasteiger partial charge in [0.25, 0.3) is 5.91 Å². The lowest BCUT2D eigenvalue weighted by molar-refractivity contribution is -0.151. The summed E-state index contributed by atoms with van der Waals surface area (Å²) in [6, 6.07) is 9.46. The smallest absolute Gasteiger partial charge is 0.253 e. The molecule has 2 amide bonds. The summed E-state index contributed by atoms with van der Waals surface area (Å²) < 4.78 is 0. The first-order valence-electron chi connectivity index (χ1n) is 6.65. The van der Waals surface area contributed by atoms with Crippen LogP contribution < -0.4 is 5.32 Å². The quantitative estimate of drug-likeness (QED) is 0.917. The van der Waals surface area contributed by atoms with E-state index in [0.717, 1.165) is 11.3 Å². The molecule has 1 aliphatic heterocycles. The summed E-state index contributed by atoms with van der Waals surface area (Å²) in [5, 5.41) is 2.85. The van der Waals surface area contributed by atoms with E-state index in [-0.39, 0.29) is 24.4 Å². The summed E-state index contributed by atoms with van der Waals surface area (Å²) >= 11 is 1.68. The number of amides is 2. The molecular formula is C15H20N2O2S. The van der Waals surface area contributed by atoms with Gasteiger partial charge in [-0.2, -0.15) is 11.8 Å². The Morgan fingerprint density at radius 2 is 2.00 bits per heavy atom. The summed E-state index contributed by atoms with van der Waals surface area (Å²) in [6.07, 6.45) is 2.00. The van der Waals surface area contributed by atoms with Crippen LogP contribution in [0.3, 0.4) is 0 Å². The van der Waals surface area contributed by atoms with Gasteiger partial charge in [0.05, 0.1) is 6.54 Å². The van der Waals surface area contributed by atoms with Crippen LogP contribution in [0.4, 0.5) is 0 Å². The van der Waals surface area contributed by atoms with Crippen molar-refractivity contribution in [2.75, 3.05) is 18.6 Å². The van der Waals surface area contributed by atoms with Gasteiger partial charge in [-0.15, -0.1) is 0 Å². The van der Waals surface area contributed by atoms with Crippen LogP contribution in [0.25, 0.3) is 0 Å². The van der Waals surface area contributed by atoms with E-state index in [1.54, 1.807) is 23.6 Å². The number of nitrogens with zero attached hydrogens (tertiary/aromatic N) is 1. The Balaban J connectivity index is 2.34. The molecule has 0 spiro atoms. The van der Waals surface area contributed by atoms with Crippen molar-refractivity contribution >= 4 is 23.6 Å². The number of piperazine rings is 1. The second-order valence-electron chi connectivity index (χ2n) is 5.28. The van der Waals surface area contributed by atoms with Gasteiger partial charge >= 0.3 is 0 Å². The van der Waals surface area contributed by atoms with Gasteiger partial charge < -0.3 is 10.2 Å². The third-order valence-electron chi connectivity index (χ3n) is 3.68. The zero-order chi connectivity index (χ0) is 14.8. The monoisotopic (exact) mass is 292 g/mol. The molecule has 0 radical (unpaired) electrons. The molecule has 4 nitrogen and oxygen atoms in total. The normalized spacial score (nSPS) is 24.4. The number of rotatable bonds is 4. The first-order valence-corrected chi connectivity index (χ1v) is 8.05. The summed E-state index contributed by atoms with van der Waals surface area (Å²) in [5.41, 5.74) is -0.150. The molecule has 2 atom stereocenters. The molecule has 1 aromatic rings. The van der Waals surface area contributed by atoms with E-state index in [1.165, 1.54) is 0 Å². The van der Waals surface area contributed by atoms with E-state index in [0.29, 0.717) is 0 Å². The highest BCUT2D eigenvalue weighted by Crippen LogP contribution is 2.27. The van der Waals surface area contributed by atoms with E-state index in [1.807, 2.05) is 43.5 Å². The van der Waals surface area contributed by atoms with Gasteiger partial charge in [-0.05, 0) is 25.7 Å². The summed E-state index contributed by atoms with van der Waals surface area (Å²) in [7, 11) is 0. The van der Waals surface area contributed by atoms with E-state index in [9.17, 15) is 9.59 Å². The van der Waals surface area contributed by atoms with Crippen molar-refractivity contribution in [3.63, 3.8) is 0 Å². The molecule has 1 N–H and O–H groups in total. The molecule has 1 saturated heterocycles. The van der Waals surface area contributed by atoms with E-state index < -0.39 is 5.54 Å². The van der Waals surface area contributed by atoms with Gasteiger partial charge in [-0.3, -0.25) is 9.59 Å². The molecule has 108 valence electrons. The Kier molecular flexibility index (Phi) is 4.38. The molecular weight excluding hydrogens is 272 g/mol. The van der Waals surface area contributed by atoms with Crippen molar-refractivity contribution in [1.29, 1.82) is 0 Å². The predicted octanol–water partition coefficient (Wildman–Crippen LogP) is 1.61. The summed E-state index contributed by atoms with van der Waals surface area (Å²) in [5.74, 6) is 0.679. The number of hydrogen-bond acceptors (Lipinski definition) is 3. The van der Waals surface area contributed by atoms with Crippen LogP contribution in [0.1, 0.15) is 19.4 Å². The number of benzene rings is 1. The molecule has 1 aromatic carbocycles. The lowest BCUT2D eigenvalue weighted by atomic mass is 9.88. The second-order valence-corrected chi connectivity index (χ2v) is 6.19.